The summed E-state index contributed by atoms with van der Waals surface area (Å²) in [6.07, 6.45) is 5.33. The number of thiocarbonyl (C=S) groups is 1. The standard InChI is InChI=1S/C28H31N5O3S2/c1-4-5-12-32-27(35)23(38-28(32)37)17-20-25(29-24-11-10-19(2)18-33(24)26(20)34)31-15-13-30(14-16-31)21-8-6-7-9-22(21)36-3/h6-11,17-18H,4-5,12-16H2,1-3H3. The van der Waals surface area contributed by atoms with Crippen LogP contribution in [0.15, 0.2) is 52.3 Å². The fraction of sp³-hybridized carbons (Fsp3) is 0.357. The summed E-state index contributed by atoms with van der Waals surface area (Å²) in [5.74, 6) is 1.29. The van der Waals surface area contributed by atoms with Crippen molar-refractivity contribution in [3.63, 3.8) is 0 Å². The first-order valence-corrected chi connectivity index (χ1v) is 14.0. The van der Waals surface area contributed by atoms with Crippen molar-refractivity contribution in [3.8, 4) is 5.75 Å². The van der Waals surface area contributed by atoms with E-state index < -0.39 is 0 Å². The Labute approximate surface area is 231 Å². The zero-order valence-electron chi connectivity index (χ0n) is 21.8. The number of hydrogen-bond donors (Lipinski definition) is 0. The maximum atomic E-state index is 13.8. The van der Waals surface area contributed by atoms with Crippen LogP contribution in [0.4, 0.5) is 11.5 Å². The molecule has 38 heavy (non-hydrogen) atoms. The molecule has 0 N–H and O–H groups in total. The van der Waals surface area contributed by atoms with E-state index in [9.17, 15) is 9.59 Å². The van der Waals surface area contributed by atoms with Crippen molar-refractivity contribution in [2.24, 2.45) is 0 Å². The van der Waals surface area contributed by atoms with Crippen molar-refractivity contribution >= 4 is 57.4 Å². The fourth-order valence-corrected chi connectivity index (χ4v) is 6.09. The Morgan fingerprint density at radius 3 is 2.55 bits per heavy atom. The number of anilines is 2. The highest BCUT2D eigenvalue weighted by Crippen LogP contribution is 2.34. The summed E-state index contributed by atoms with van der Waals surface area (Å²) in [5.41, 5.74) is 2.80. The number of ether oxygens (including phenoxy) is 1. The lowest BCUT2D eigenvalue weighted by atomic mass is 10.2. The number of aromatic nitrogens is 2. The van der Waals surface area contributed by atoms with Crippen molar-refractivity contribution in [1.82, 2.24) is 14.3 Å². The Hall–Kier alpha value is -3.37. The molecular weight excluding hydrogens is 518 g/mol. The molecule has 2 aliphatic rings. The van der Waals surface area contributed by atoms with Crippen LogP contribution in [0.5, 0.6) is 5.75 Å². The summed E-state index contributed by atoms with van der Waals surface area (Å²) < 4.78 is 7.66. The quantitative estimate of drug-likeness (QED) is 0.319. The zero-order valence-corrected chi connectivity index (χ0v) is 23.5. The second-order valence-corrected chi connectivity index (χ2v) is 11.1. The fourth-order valence-electron chi connectivity index (χ4n) is 4.80. The molecule has 1 aromatic carbocycles. The van der Waals surface area contributed by atoms with Gasteiger partial charge in [-0.2, -0.15) is 0 Å². The van der Waals surface area contributed by atoms with Gasteiger partial charge in [0.25, 0.3) is 11.5 Å². The van der Waals surface area contributed by atoms with Gasteiger partial charge in [0.05, 0.1) is 23.3 Å². The van der Waals surface area contributed by atoms with Crippen LogP contribution in [0, 0.1) is 6.92 Å². The number of unbranched alkanes of at least 4 members (excludes halogenated alkanes) is 1. The molecule has 1 amide bonds. The van der Waals surface area contributed by atoms with Gasteiger partial charge in [-0.05, 0) is 43.2 Å². The lowest BCUT2D eigenvalue weighted by Gasteiger charge is -2.37. The third kappa shape index (κ3) is 5.02. The monoisotopic (exact) mass is 549 g/mol. The molecule has 0 bridgehead atoms. The number of hydrogen-bond acceptors (Lipinski definition) is 8. The number of methoxy groups -OCH3 is 1. The average Bonchev–Trinajstić information content (AvgIpc) is 3.20. The molecular formula is C28H31N5O3S2. The molecule has 0 saturated carbocycles. The Bertz CT molecular complexity index is 1480. The number of carbonyl (C=O) groups excluding carboxylic acids is 1. The number of fused-ring (bicyclic) bond motifs is 1. The summed E-state index contributed by atoms with van der Waals surface area (Å²) >= 11 is 6.74. The highest BCUT2D eigenvalue weighted by molar-refractivity contribution is 8.26. The van der Waals surface area contributed by atoms with E-state index >= 15 is 0 Å². The molecule has 0 atom stereocenters. The van der Waals surface area contributed by atoms with E-state index in [0.717, 1.165) is 42.9 Å². The molecule has 2 aliphatic heterocycles. The van der Waals surface area contributed by atoms with Gasteiger partial charge in [-0.15, -0.1) is 0 Å². The smallest absolute Gasteiger partial charge is 0.267 e. The number of para-hydroxylation sites is 2. The molecule has 3 aromatic rings. The topological polar surface area (TPSA) is 70.4 Å². The number of pyridine rings is 1. The molecule has 5 rings (SSSR count). The minimum atomic E-state index is -0.195. The van der Waals surface area contributed by atoms with Gasteiger partial charge in [-0.25, -0.2) is 4.98 Å². The predicted molar refractivity (Wildman–Crippen MR) is 158 cm³/mol. The Balaban J connectivity index is 1.51. The molecule has 0 unspecified atom stereocenters. The second kappa shape index (κ2) is 11.2. The largest absolute Gasteiger partial charge is 0.495 e. The van der Waals surface area contributed by atoms with Crippen LogP contribution in [0.3, 0.4) is 0 Å². The van der Waals surface area contributed by atoms with E-state index in [2.05, 4.69) is 22.8 Å². The van der Waals surface area contributed by atoms with Crippen LogP contribution in [-0.2, 0) is 4.79 Å². The van der Waals surface area contributed by atoms with Gasteiger partial charge < -0.3 is 14.5 Å². The van der Waals surface area contributed by atoms with Crippen molar-refractivity contribution in [2.45, 2.75) is 26.7 Å². The third-order valence-electron chi connectivity index (χ3n) is 6.87. The van der Waals surface area contributed by atoms with E-state index in [1.807, 2.05) is 37.3 Å². The second-order valence-electron chi connectivity index (χ2n) is 9.42. The molecule has 2 fully saturated rings. The zero-order chi connectivity index (χ0) is 26.8. The van der Waals surface area contributed by atoms with Crippen LogP contribution in [0.1, 0.15) is 30.9 Å². The first-order valence-electron chi connectivity index (χ1n) is 12.8. The number of carbonyl (C=O) groups is 1. The highest BCUT2D eigenvalue weighted by atomic mass is 32.2. The molecule has 2 saturated heterocycles. The summed E-state index contributed by atoms with van der Waals surface area (Å²) in [6.45, 7) is 7.44. The Kier molecular flexibility index (Phi) is 7.71. The number of piperazine rings is 1. The first-order chi connectivity index (χ1) is 18.4. The molecule has 0 spiro atoms. The summed E-state index contributed by atoms with van der Waals surface area (Å²) in [4.78, 5) is 38.4. The SMILES string of the molecule is CCCCN1C(=O)C(=Cc2c(N3CCN(c4ccccc4OC)CC3)nc3ccc(C)cn3c2=O)SC1=S. The van der Waals surface area contributed by atoms with Crippen LogP contribution in [-0.4, -0.2) is 64.3 Å². The Morgan fingerprint density at radius 1 is 1.08 bits per heavy atom. The number of nitrogens with zero attached hydrogens (tertiary/aromatic N) is 5. The van der Waals surface area contributed by atoms with Crippen molar-refractivity contribution in [1.29, 1.82) is 0 Å². The van der Waals surface area contributed by atoms with Crippen molar-refractivity contribution < 1.29 is 9.53 Å². The van der Waals surface area contributed by atoms with Crippen molar-refractivity contribution in [2.75, 3.05) is 49.6 Å². The van der Waals surface area contributed by atoms with Crippen LogP contribution in [0.2, 0.25) is 0 Å². The minimum Gasteiger partial charge on any atom is -0.495 e. The van der Waals surface area contributed by atoms with E-state index in [4.69, 9.17) is 21.9 Å². The van der Waals surface area contributed by atoms with Gasteiger partial charge in [0, 0.05) is 38.9 Å². The van der Waals surface area contributed by atoms with E-state index in [1.165, 1.54) is 11.8 Å². The van der Waals surface area contributed by atoms with E-state index in [-0.39, 0.29) is 11.5 Å². The van der Waals surface area contributed by atoms with Gasteiger partial charge in [-0.3, -0.25) is 18.9 Å². The number of rotatable bonds is 7. The lowest BCUT2D eigenvalue weighted by Crippen LogP contribution is -2.47. The molecule has 0 aliphatic carbocycles. The molecule has 2 aromatic heterocycles. The summed E-state index contributed by atoms with van der Waals surface area (Å²) in [7, 11) is 1.68. The average molecular weight is 550 g/mol. The number of thioether (sulfide) groups is 1. The number of aryl methyl sites for hydroxylation is 1. The van der Waals surface area contributed by atoms with Gasteiger partial charge in [0.15, 0.2) is 0 Å². The maximum Gasteiger partial charge on any atom is 0.267 e. The normalized spacial score (nSPS) is 17.2. The molecule has 198 valence electrons. The van der Waals surface area contributed by atoms with Gasteiger partial charge >= 0.3 is 0 Å². The number of amides is 1. The van der Waals surface area contributed by atoms with Crippen molar-refractivity contribution in [3.05, 3.63) is 69.0 Å². The van der Waals surface area contributed by atoms with Crippen LogP contribution in [0.25, 0.3) is 11.7 Å². The maximum absolute atomic E-state index is 13.8. The number of benzene rings is 1. The molecule has 4 heterocycles. The molecule has 0 radical (unpaired) electrons. The minimum absolute atomic E-state index is 0.144. The van der Waals surface area contributed by atoms with Crippen LogP contribution >= 0.6 is 24.0 Å². The summed E-state index contributed by atoms with van der Waals surface area (Å²) in [5, 5.41) is 0. The van der Waals surface area contributed by atoms with E-state index in [0.29, 0.717) is 45.9 Å². The van der Waals surface area contributed by atoms with Crippen LogP contribution < -0.4 is 20.1 Å². The first kappa shape index (κ1) is 26.2. The van der Waals surface area contributed by atoms with Gasteiger partial charge in [0.1, 0.15) is 21.5 Å². The predicted octanol–water partition coefficient (Wildman–Crippen LogP) is 4.34. The summed E-state index contributed by atoms with van der Waals surface area (Å²) in [6, 6.07) is 11.8. The Morgan fingerprint density at radius 2 is 1.82 bits per heavy atom. The van der Waals surface area contributed by atoms with Gasteiger partial charge in [-0.1, -0.05) is 55.5 Å². The highest BCUT2D eigenvalue weighted by Gasteiger charge is 2.33. The molecule has 8 nitrogen and oxygen atoms in total. The van der Waals surface area contributed by atoms with Gasteiger partial charge in [0.2, 0.25) is 0 Å². The molecule has 10 heteroatoms. The lowest BCUT2D eigenvalue weighted by molar-refractivity contribution is -0.122. The third-order valence-corrected chi connectivity index (χ3v) is 8.25. The van der Waals surface area contributed by atoms with E-state index in [1.54, 1.807) is 28.7 Å².